The van der Waals surface area contributed by atoms with Crippen molar-refractivity contribution in [2.45, 2.75) is 17.6 Å². The van der Waals surface area contributed by atoms with E-state index in [0.29, 0.717) is 39.4 Å². The smallest absolute Gasteiger partial charge is 0.288 e. The first-order valence-electron chi connectivity index (χ1n) is 5.77. The molecule has 0 unspecified atom stereocenters. The lowest BCUT2D eigenvalue weighted by atomic mass is 10.2. The molecule has 1 aromatic heterocycles. The Kier molecular flexibility index (Phi) is 4.25. The number of halogens is 2. The number of hydrogen-bond acceptors (Lipinski definition) is 4. The van der Waals surface area contributed by atoms with E-state index in [1.165, 1.54) is 4.68 Å². The zero-order chi connectivity index (χ0) is 14.7. The van der Waals surface area contributed by atoms with Crippen molar-refractivity contribution in [1.82, 2.24) is 9.78 Å². The van der Waals surface area contributed by atoms with Gasteiger partial charge in [0, 0.05) is 11.9 Å². The van der Waals surface area contributed by atoms with Gasteiger partial charge in [0.25, 0.3) is 5.76 Å². The van der Waals surface area contributed by atoms with Gasteiger partial charge in [-0.05, 0) is 19.1 Å². The molecule has 0 aliphatic heterocycles. The molecular formula is C13H12F2N4S. The van der Waals surface area contributed by atoms with E-state index in [4.69, 9.17) is 5.26 Å². The van der Waals surface area contributed by atoms with Gasteiger partial charge in [-0.2, -0.15) is 19.1 Å². The summed E-state index contributed by atoms with van der Waals surface area (Å²) >= 11 is 0.462. The number of aromatic nitrogens is 2. The zero-order valence-electron chi connectivity index (χ0n) is 10.9. The molecule has 4 nitrogen and oxygen atoms in total. The molecule has 0 fully saturated rings. The maximum atomic E-state index is 12.5. The molecule has 0 aliphatic rings. The van der Waals surface area contributed by atoms with Crippen LogP contribution in [0.4, 0.5) is 20.3 Å². The fourth-order valence-electron chi connectivity index (χ4n) is 1.83. The molecule has 0 amide bonds. The number of benzene rings is 1. The van der Waals surface area contributed by atoms with E-state index in [1.54, 1.807) is 38.2 Å². The number of nitriles is 1. The molecule has 104 valence electrons. The van der Waals surface area contributed by atoms with Crippen molar-refractivity contribution >= 4 is 23.3 Å². The van der Waals surface area contributed by atoms with Gasteiger partial charge in [0.15, 0.2) is 0 Å². The third kappa shape index (κ3) is 2.91. The van der Waals surface area contributed by atoms with Crippen LogP contribution in [0, 0.1) is 18.3 Å². The summed E-state index contributed by atoms with van der Waals surface area (Å²) in [4.78, 5) is 0.422. The molecule has 1 N–H and O–H groups in total. The Labute approximate surface area is 119 Å². The quantitative estimate of drug-likeness (QED) is 0.874. The normalized spacial score (nSPS) is 10.6. The summed E-state index contributed by atoms with van der Waals surface area (Å²) in [6.07, 6.45) is 0. The number of nitrogens with zero attached hydrogens (tertiary/aromatic N) is 3. The van der Waals surface area contributed by atoms with Gasteiger partial charge in [-0.25, -0.2) is 0 Å². The van der Waals surface area contributed by atoms with Gasteiger partial charge < -0.3 is 5.32 Å². The third-order valence-electron chi connectivity index (χ3n) is 2.69. The van der Waals surface area contributed by atoms with Crippen LogP contribution in [0.15, 0.2) is 29.2 Å². The van der Waals surface area contributed by atoms with Gasteiger partial charge in [0.1, 0.15) is 17.5 Å². The van der Waals surface area contributed by atoms with Crippen molar-refractivity contribution in [3.05, 3.63) is 35.5 Å². The highest BCUT2D eigenvalue weighted by Crippen LogP contribution is 2.34. The number of thioether (sulfide) groups is 1. The Morgan fingerprint density at radius 2 is 2.10 bits per heavy atom. The first-order chi connectivity index (χ1) is 9.52. The number of aryl methyl sites for hydroxylation is 2. The molecule has 2 aromatic rings. The van der Waals surface area contributed by atoms with Crippen molar-refractivity contribution < 1.29 is 8.78 Å². The molecule has 7 heteroatoms. The second-order valence-electron chi connectivity index (χ2n) is 4.04. The van der Waals surface area contributed by atoms with E-state index in [2.05, 4.69) is 16.5 Å². The van der Waals surface area contributed by atoms with Gasteiger partial charge in [-0.3, -0.25) is 4.68 Å². The van der Waals surface area contributed by atoms with Gasteiger partial charge in [0.2, 0.25) is 0 Å². The Hall–Kier alpha value is -2.07. The molecule has 0 aliphatic carbocycles. The van der Waals surface area contributed by atoms with Crippen LogP contribution >= 0.6 is 11.8 Å². The highest BCUT2D eigenvalue weighted by atomic mass is 32.2. The lowest BCUT2D eigenvalue weighted by molar-refractivity contribution is 0.252. The van der Waals surface area contributed by atoms with E-state index in [-0.39, 0.29) is 0 Å². The summed E-state index contributed by atoms with van der Waals surface area (Å²) in [5.74, 6) is -2.01. The Bertz CT molecular complexity index is 661. The molecule has 0 atom stereocenters. The van der Waals surface area contributed by atoms with Crippen molar-refractivity contribution in [3.63, 3.8) is 0 Å². The summed E-state index contributed by atoms with van der Waals surface area (Å²) in [7, 11) is 1.69. The summed E-state index contributed by atoms with van der Waals surface area (Å²) in [5, 5.41) is 16.3. The van der Waals surface area contributed by atoms with E-state index in [1.807, 2.05) is 0 Å². The lowest BCUT2D eigenvalue weighted by Gasteiger charge is -2.11. The average Bonchev–Trinajstić information content (AvgIpc) is 2.65. The van der Waals surface area contributed by atoms with Crippen LogP contribution in [0.1, 0.15) is 11.3 Å². The number of alkyl halides is 2. The van der Waals surface area contributed by atoms with Crippen LogP contribution < -0.4 is 5.32 Å². The third-order valence-corrected chi connectivity index (χ3v) is 3.48. The molecule has 0 saturated carbocycles. The Morgan fingerprint density at radius 3 is 2.75 bits per heavy atom. The van der Waals surface area contributed by atoms with Crippen molar-refractivity contribution in [1.29, 1.82) is 5.26 Å². The first-order valence-corrected chi connectivity index (χ1v) is 6.65. The SMILES string of the molecule is Cc1nn(C)c(Nc2ccccc2SC(F)F)c1C#N. The second kappa shape index (κ2) is 5.92. The molecule has 0 radical (unpaired) electrons. The maximum absolute atomic E-state index is 12.5. The van der Waals surface area contributed by atoms with Gasteiger partial charge in [-0.15, -0.1) is 0 Å². The van der Waals surface area contributed by atoms with E-state index in [0.717, 1.165) is 0 Å². The van der Waals surface area contributed by atoms with Crippen LogP contribution in [-0.2, 0) is 7.05 Å². The molecular weight excluding hydrogens is 282 g/mol. The standard InChI is InChI=1S/C13H12F2N4S/c1-8-9(7-16)12(19(2)18-8)17-10-5-3-4-6-11(10)20-13(14)15/h3-6,13,17H,1-2H3. The van der Waals surface area contributed by atoms with Crippen LogP contribution in [0.3, 0.4) is 0 Å². The minimum atomic E-state index is -2.50. The summed E-state index contributed by atoms with van der Waals surface area (Å²) in [6.45, 7) is 1.73. The van der Waals surface area contributed by atoms with Crippen LogP contribution in [0.2, 0.25) is 0 Å². The summed E-state index contributed by atoms with van der Waals surface area (Å²) < 4.78 is 26.6. The van der Waals surface area contributed by atoms with Crippen LogP contribution in [0.5, 0.6) is 0 Å². The summed E-state index contributed by atoms with van der Waals surface area (Å²) in [6, 6.07) is 8.79. The maximum Gasteiger partial charge on any atom is 0.288 e. The topological polar surface area (TPSA) is 53.6 Å². The van der Waals surface area contributed by atoms with Crippen molar-refractivity contribution in [2.24, 2.45) is 7.05 Å². The minimum absolute atomic E-state index is 0.407. The zero-order valence-corrected chi connectivity index (χ0v) is 11.7. The molecule has 2 rings (SSSR count). The van der Waals surface area contributed by atoms with Gasteiger partial charge in [-0.1, -0.05) is 23.9 Å². The fraction of sp³-hybridized carbons (Fsp3) is 0.231. The molecule has 0 spiro atoms. The Morgan fingerprint density at radius 1 is 1.40 bits per heavy atom. The number of hydrogen-bond donors (Lipinski definition) is 1. The number of para-hydroxylation sites is 1. The minimum Gasteiger partial charge on any atom is -0.338 e. The predicted molar refractivity (Wildman–Crippen MR) is 74.2 cm³/mol. The second-order valence-corrected chi connectivity index (χ2v) is 5.08. The van der Waals surface area contributed by atoms with E-state index in [9.17, 15) is 8.78 Å². The van der Waals surface area contributed by atoms with E-state index >= 15 is 0 Å². The van der Waals surface area contributed by atoms with E-state index < -0.39 is 5.76 Å². The van der Waals surface area contributed by atoms with Gasteiger partial charge >= 0.3 is 0 Å². The lowest BCUT2D eigenvalue weighted by Crippen LogP contribution is -2.01. The predicted octanol–water partition coefficient (Wildman–Crippen LogP) is 3.66. The van der Waals surface area contributed by atoms with Crippen molar-refractivity contribution in [3.8, 4) is 6.07 Å². The monoisotopic (exact) mass is 294 g/mol. The number of nitrogens with one attached hydrogen (secondary N) is 1. The summed E-state index contributed by atoms with van der Waals surface area (Å²) in [5.41, 5.74) is 1.53. The largest absolute Gasteiger partial charge is 0.338 e. The first kappa shape index (κ1) is 14.3. The van der Waals surface area contributed by atoms with Crippen LogP contribution in [0.25, 0.3) is 0 Å². The molecule has 20 heavy (non-hydrogen) atoms. The number of rotatable bonds is 4. The highest BCUT2D eigenvalue weighted by molar-refractivity contribution is 7.99. The molecule has 1 aromatic carbocycles. The highest BCUT2D eigenvalue weighted by Gasteiger charge is 2.15. The van der Waals surface area contributed by atoms with Crippen LogP contribution in [-0.4, -0.2) is 15.5 Å². The van der Waals surface area contributed by atoms with Gasteiger partial charge in [0.05, 0.1) is 11.4 Å². The Balaban J connectivity index is 2.38. The number of anilines is 2. The average molecular weight is 294 g/mol. The molecule has 1 heterocycles. The molecule has 0 bridgehead atoms. The molecule has 0 saturated heterocycles. The van der Waals surface area contributed by atoms with Crippen molar-refractivity contribution in [2.75, 3.05) is 5.32 Å². The fourth-order valence-corrected chi connectivity index (χ4v) is 2.43.